The van der Waals surface area contributed by atoms with Gasteiger partial charge in [-0.05, 0) is 37.1 Å². The summed E-state index contributed by atoms with van der Waals surface area (Å²) in [4.78, 5) is 23.9. The van der Waals surface area contributed by atoms with Crippen molar-refractivity contribution >= 4 is 11.6 Å². The van der Waals surface area contributed by atoms with Crippen LogP contribution in [0.3, 0.4) is 0 Å². The normalized spacial score (nSPS) is 10.3. The molecule has 0 fully saturated rings. The van der Waals surface area contributed by atoms with Gasteiger partial charge in [-0.1, -0.05) is 12.1 Å². The lowest BCUT2D eigenvalue weighted by atomic mass is 9.99. The van der Waals surface area contributed by atoms with Gasteiger partial charge in [-0.25, -0.2) is 0 Å². The summed E-state index contributed by atoms with van der Waals surface area (Å²) in [5.74, 6) is -0.0967. The van der Waals surface area contributed by atoms with E-state index in [1.165, 1.54) is 12.4 Å². The number of aromatic nitrogens is 2. The van der Waals surface area contributed by atoms with Crippen LogP contribution in [0.1, 0.15) is 44.7 Å². The van der Waals surface area contributed by atoms with E-state index in [0.29, 0.717) is 11.1 Å². The zero-order chi connectivity index (χ0) is 14.5. The molecule has 0 saturated heterocycles. The topological polar surface area (TPSA) is 59.9 Å². The summed E-state index contributed by atoms with van der Waals surface area (Å²) < 4.78 is 0. The molecule has 0 atom stereocenters. The zero-order valence-electron chi connectivity index (χ0n) is 11.6. The molecule has 4 heteroatoms. The van der Waals surface area contributed by atoms with Crippen molar-refractivity contribution in [2.45, 2.75) is 26.7 Å². The number of carbonyl (C=O) groups excluding carboxylic acids is 2. The minimum Gasteiger partial charge on any atom is -0.294 e. The van der Waals surface area contributed by atoms with E-state index in [-0.39, 0.29) is 24.4 Å². The molecule has 1 aromatic carbocycles. The number of hydrogen-bond donors (Lipinski definition) is 0. The molecule has 2 aromatic rings. The van der Waals surface area contributed by atoms with E-state index in [9.17, 15) is 9.59 Å². The summed E-state index contributed by atoms with van der Waals surface area (Å²) >= 11 is 0. The molecule has 0 spiro atoms. The molecule has 0 unspecified atom stereocenters. The van der Waals surface area contributed by atoms with Crippen molar-refractivity contribution in [2.24, 2.45) is 0 Å². The van der Waals surface area contributed by atoms with Crippen molar-refractivity contribution < 1.29 is 9.59 Å². The molecule has 0 amide bonds. The molecular weight excluding hydrogens is 252 g/mol. The van der Waals surface area contributed by atoms with Gasteiger partial charge in [-0.3, -0.25) is 9.59 Å². The van der Waals surface area contributed by atoms with Crippen LogP contribution in [-0.4, -0.2) is 21.8 Å². The van der Waals surface area contributed by atoms with Crippen LogP contribution in [0.2, 0.25) is 0 Å². The lowest BCUT2D eigenvalue weighted by molar-refractivity contribution is 0.0917. The molecule has 0 aliphatic rings. The first-order valence-electron chi connectivity index (χ1n) is 6.48. The second kappa shape index (κ2) is 6.19. The highest BCUT2D eigenvalue weighted by Crippen LogP contribution is 2.13. The summed E-state index contributed by atoms with van der Waals surface area (Å²) in [5.41, 5.74) is 3.39. The average molecular weight is 268 g/mol. The van der Waals surface area contributed by atoms with E-state index in [4.69, 9.17) is 0 Å². The highest BCUT2D eigenvalue weighted by Gasteiger charge is 2.11. The molecule has 2 rings (SSSR count). The fraction of sp³-hybridized carbons (Fsp3) is 0.250. The van der Waals surface area contributed by atoms with Crippen molar-refractivity contribution in [1.29, 1.82) is 0 Å². The fourth-order valence-corrected chi connectivity index (χ4v) is 1.89. The Hall–Kier alpha value is -2.36. The maximum atomic E-state index is 12.1. The third-order valence-electron chi connectivity index (χ3n) is 3.31. The SMILES string of the molecule is Cc1ccc(C(=O)CCC(=O)c2ccnnc2)cc1C. The van der Waals surface area contributed by atoms with E-state index in [0.717, 1.165) is 11.1 Å². The fourth-order valence-electron chi connectivity index (χ4n) is 1.89. The Bertz CT molecular complexity index is 636. The minimum absolute atomic E-state index is 0.0107. The van der Waals surface area contributed by atoms with Gasteiger partial charge in [0.1, 0.15) is 0 Å². The summed E-state index contributed by atoms with van der Waals surface area (Å²) in [5, 5.41) is 7.28. The number of aryl methyl sites for hydroxylation is 2. The molecule has 1 heterocycles. The van der Waals surface area contributed by atoms with Crippen molar-refractivity contribution in [3.05, 3.63) is 58.9 Å². The largest absolute Gasteiger partial charge is 0.294 e. The molecule has 0 saturated carbocycles. The van der Waals surface area contributed by atoms with Crippen LogP contribution in [0, 0.1) is 13.8 Å². The lowest BCUT2D eigenvalue weighted by Crippen LogP contribution is -2.06. The molecule has 0 bridgehead atoms. The summed E-state index contributed by atoms with van der Waals surface area (Å²) in [7, 11) is 0. The van der Waals surface area contributed by atoms with Gasteiger partial charge in [0.2, 0.25) is 0 Å². The molecule has 0 N–H and O–H groups in total. The summed E-state index contributed by atoms with van der Waals surface area (Å²) in [6, 6.07) is 7.21. The van der Waals surface area contributed by atoms with E-state index in [1.54, 1.807) is 6.07 Å². The zero-order valence-corrected chi connectivity index (χ0v) is 11.6. The molecule has 0 radical (unpaired) electrons. The number of rotatable bonds is 5. The van der Waals surface area contributed by atoms with Gasteiger partial charge in [0.15, 0.2) is 11.6 Å². The predicted molar refractivity (Wildman–Crippen MR) is 75.8 cm³/mol. The maximum Gasteiger partial charge on any atom is 0.164 e. The van der Waals surface area contributed by atoms with Gasteiger partial charge >= 0.3 is 0 Å². The highest BCUT2D eigenvalue weighted by atomic mass is 16.1. The van der Waals surface area contributed by atoms with Crippen molar-refractivity contribution in [3.8, 4) is 0 Å². The van der Waals surface area contributed by atoms with Crippen molar-refractivity contribution in [1.82, 2.24) is 10.2 Å². The Labute approximate surface area is 117 Å². The van der Waals surface area contributed by atoms with Gasteiger partial charge in [0.05, 0.1) is 12.4 Å². The van der Waals surface area contributed by atoms with E-state index < -0.39 is 0 Å². The number of hydrogen-bond acceptors (Lipinski definition) is 4. The highest BCUT2D eigenvalue weighted by molar-refractivity contribution is 6.02. The average Bonchev–Trinajstić information content (AvgIpc) is 2.48. The van der Waals surface area contributed by atoms with Gasteiger partial charge in [0.25, 0.3) is 0 Å². The first-order valence-corrected chi connectivity index (χ1v) is 6.48. The van der Waals surface area contributed by atoms with E-state index in [2.05, 4.69) is 10.2 Å². The number of ketones is 2. The van der Waals surface area contributed by atoms with Crippen LogP contribution in [0.4, 0.5) is 0 Å². The monoisotopic (exact) mass is 268 g/mol. The van der Waals surface area contributed by atoms with Gasteiger partial charge in [-0.2, -0.15) is 10.2 Å². The maximum absolute atomic E-state index is 12.1. The number of benzene rings is 1. The Morgan fingerprint density at radius 1 is 0.900 bits per heavy atom. The first kappa shape index (κ1) is 14.1. The minimum atomic E-state index is -0.0860. The van der Waals surface area contributed by atoms with Crippen LogP contribution in [0.15, 0.2) is 36.7 Å². The summed E-state index contributed by atoms with van der Waals surface area (Å²) in [6.07, 6.45) is 3.29. The lowest BCUT2D eigenvalue weighted by Gasteiger charge is -2.04. The Morgan fingerprint density at radius 2 is 1.60 bits per heavy atom. The third-order valence-corrected chi connectivity index (χ3v) is 3.31. The molecule has 0 aliphatic carbocycles. The van der Waals surface area contributed by atoms with Crippen LogP contribution in [0.25, 0.3) is 0 Å². The van der Waals surface area contributed by atoms with E-state index >= 15 is 0 Å². The predicted octanol–water partition coefficient (Wildman–Crippen LogP) is 2.94. The molecule has 20 heavy (non-hydrogen) atoms. The second-order valence-electron chi connectivity index (χ2n) is 4.78. The van der Waals surface area contributed by atoms with Crippen LogP contribution in [-0.2, 0) is 0 Å². The molecule has 102 valence electrons. The molecular formula is C16H16N2O2. The first-order chi connectivity index (χ1) is 9.58. The number of carbonyl (C=O) groups is 2. The third kappa shape index (κ3) is 3.35. The Balaban J connectivity index is 1.98. The molecule has 4 nitrogen and oxygen atoms in total. The van der Waals surface area contributed by atoms with Crippen LogP contribution < -0.4 is 0 Å². The summed E-state index contributed by atoms with van der Waals surface area (Å²) in [6.45, 7) is 3.98. The van der Waals surface area contributed by atoms with Crippen molar-refractivity contribution in [2.75, 3.05) is 0 Å². The molecule has 0 aliphatic heterocycles. The van der Waals surface area contributed by atoms with Gasteiger partial charge in [0, 0.05) is 24.0 Å². The number of nitrogens with zero attached hydrogens (tertiary/aromatic N) is 2. The molecule has 1 aromatic heterocycles. The van der Waals surface area contributed by atoms with Crippen molar-refractivity contribution in [3.63, 3.8) is 0 Å². The Kier molecular flexibility index (Phi) is 4.35. The standard InChI is InChI=1S/C16H16N2O2/c1-11-3-4-13(9-12(11)2)15(19)5-6-16(20)14-7-8-17-18-10-14/h3-4,7-10H,5-6H2,1-2H3. The Morgan fingerprint density at radius 3 is 2.20 bits per heavy atom. The second-order valence-corrected chi connectivity index (χ2v) is 4.78. The number of Topliss-reactive ketones (excluding diaryl/α,β-unsaturated/α-hetero) is 2. The van der Waals surface area contributed by atoms with Gasteiger partial charge < -0.3 is 0 Å². The van der Waals surface area contributed by atoms with Gasteiger partial charge in [-0.15, -0.1) is 0 Å². The van der Waals surface area contributed by atoms with Crippen LogP contribution in [0.5, 0.6) is 0 Å². The smallest absolute Gasteiger partial charge is 0.164 e. The quantitative estimate of drug-likeness (QED) is 0.782. The van der Waals surface area contributed by atoms with E-state index in [1.807, 2.05) is 32.0 Å². The van der Waals surface area contributed by atoms with Crippen LogP contribution >= 0.6 is 0 Å².